The summed E-state index contributed by atoms with van der Waals surface area (Å²) in [4.78, 5) is 0. The third-order valence-electron chi connectivity index (χ3n) is 3.18. The van der Waals surface area contributed by atoms with Crippen LogP contribution in [0.5, 0.6) is 0 Å². The van der Waals surface area contributed by atoms with Gasteiger partial charge in [0.2, 0.25) is 0 Å². The average molecular weight is 284 g/mol. The molecule has 3 aromatic rings. The minimum absolute atomic E-state index is 0.635. The molecule has 1 heterocycles. The molecule has 0 aliphatic carbocycles. The van der Waals surface area contributed by atoms with Gasteiger partial charge < -0.3 is 5.73 Å². The van der Waals surface area contributed by atoms with Crippen molar-refractivity contribution in [3.8, 4) is 11.1 Å². The Morgan fingerprint density at radius 3 is 2.60 bits per heavy atom. The average Bonchev–Trinajstić information content (AvgIpc) is 2.92. The number of hydrogen-bond donors (Lipinski definition) is 1. The van der Waals surface area contributed by atoms with E-state index in [4.69, 9.17) is 17.3 Å². The smallest absolute Gasteiger partial charge is 0.0679 e. The zero-order chi connectivity index (χ0) is 13.9. The van der Waals surface area contributed by atoms with Gasteiger partial charge in [-0.3, -0.25) is 4.68 Å². The molecule has 0 spiro atoms. The van der Waals surface area contributed by atoms with Crippen molar-refractivity contribution >= 4 is 17.3 Å². The monoisotopic (exact) mass is 283 g/mol. The van der Waals surface area contributed by atoms with Gasteiger partial charge in [-0.05, 0) is 23.3 Å². The highest BCUT2D eigenvalue weighted by Crippen LogP contribution is 2.21. The van der Waals surface area contributed by atoms with Crippen molar-refractivity contribution < 1.29 is 0 Å². The lowest BCUT2D eigenvalue weighted by molar-refractivity contribution is 0.688. The fourth-order valence-electron chi connectivity index (χ4n) is 2.11. The van der Waals surface area contributed by atoms with E-state index in [9.17, 15) is 0 Å². The Kier molecular flexibility index (Phi) is 3.44. The maximum atomic E-state index is 5.96. The molecule has 2 N–H and O–H groups in total. The van der Waals surface area contributed by atoms with E-state index in [1.807, 2.05) is 47.4 Å². The van der Waals surface area contributed by atoms with Crippen LogP contribution in [0.4, 0.5) is 5.69 Å². The Morgan fingerprint density at radius 2 is 1.85 bits per heavy atom. The summed E-state index contributed by atoms with van der Waals surface area (Å²) in [7, 11) is 0. The van der Waals surface area contributed by atoms with Crippen LogP contribution < -0.4 is 5.73 Å². The molecule has 0 saturated carbocycles. The van der Waals surface area contributed by atoms with Crippen LogP contribution in [0.2, 0.25) is 5.02 Å². The summed E-state index contributed by atoms with van der Waals surface area (Å²) < 4.78 is 1.88. The molecule has 100 valence electrons. The van der Waals surface area contributed by atoms with Crippen molar-refractivity contribution in [3.05, 3.63) is 71.5 Å². The summed E-state index contributed by atoms with van der Waals surface area (Å²) in [5.41, 5.74) is 9.91. The molecule has 0 aliphatic rings. The number of halogens is 1. The molecule has 0 amide bonds. The Balaban J connectivity index is 1.84. The molecule has 0 aliphatic heterocycles. The van der Waals surface area contributed by atoms with Crippen LogP contribution in [-0.2, 0) is 6.54 Å². The van der Waals surface area contributed by atoms with E-state index in [1.54, 1.807) is 6.07 Å². The maximum Gasteiger partial charge on any atom is 0.0679 e. The maximum absolute atomic E-state index is 5.96. The minimum atomic E-state index is 0.635. The molecule has 3 rings (SSSR count). The zero-order valence-corrected chi connectivity index (χ0v) is 11.6. The molecule has 0 saturated heterocycles. The number of aromatic nitrogens is 2. The van der Waals surface area contributed by atoms with E-state index in [2.05, 4.69) is 17.2 Å². The summed E-state index contributed by atoms with van der Waals surface area (Å²) in [6.07, 6.45) is 3.88. The van der Waals surface area contributed by atoms with Crippen LogP contribution in [0.25, 0.3) is 11.1 Å². The van der Waals surface area contributed by atoms with Crippen LogP contribution >= 0.6 is 11.6 Å². The lowest BCUT2D eigenvalue weighted by atomic mass is 10.1. The Hall–Kier alpha value is -2.26. The normalized spacial score (nSPS) is 10.7. The molecule has 1 aromatic heterocycles. The van der Waals surface area contributed by atoms with Gasteiger partial charge in [-0.15, -0.1) is 0 Å². The van der Waals surface area contributed by atoms with Crippen molar-refractivity contribution in [2.45, 2.75) is 6.54 Å². The molecule has 2 aromatic carbocycles. The number of anilines is 1. The van der Waals surface area contributed by atoms with E-state index in [1.165, 1.54) is 0 Å². The lowest BCUT2D eigenvalue weighted by Crippen LogP contribution is -2.03. The highest BCUT2D eigenvalue weighted by molar-refractivity contribution is 6.30. The Morgan fingerprint density at radius 1 is 1.05 bits per heavy atom. The van der Waals surface area contributed by atoms with Gasteiger partial charge >= 0.3 is 0 Å². The van der Waals surface area contributed by atoms with Crippen LogP contribution in [0.15, 0.2) is 60.9 Å². The summed E-state index contributed by atoms with van der Waals surface area (Å²) in [5, 5.41) is 5.03. The zero-order valence-electron chi connectivity index (χ0n) is 10.8. The third-order valence-corrected chi connectivity index (χ3v) is 3.42. The van der Waals surface area contributed by atoms with Crippen molar-refractivity contribution in [2.24, 2.45) is 0 Å². The number of hydrogen-bond acceptors (Lipinski definition) is 2. The quantitative estimate of drug-likeness (QED) is 0.742. The topological polar surface area (TPSA) is 43.8 Å². The number of nitrogens with two attached hydrogens (primary N) is 1. The number of benzene rings is 2. The van der Waals surface area contributed by atoms with Gasteiger partial charge in [0.05, 0.1) is 12.7 Å². The second kappa shape index (κ2) is 5.39. The van der Waals surface area contributed by atoms with Crippen LogP contribution in [-0.4, -0.2) is 9.78 Å². The second-order valence-electron chi connectivity index (χ2n) is 4.64. The van der Waals surface area contributed by atoms with E-state index < -0.39 is 0 Å². The standard InChI is InChI=1S/C16H14ClN3/c17-15-7-6-13(16(18)8-15)10-20-11-14(9-19-20)12-4-2-1-3-5-12/h1-9,11H,10,18H2. The van der Waals surface area contributed by atoms with Crippen molar-refractivity contribution in [1.29, 1.82) is 0 Å². The van der Waals surface area contributed by atoms with E-state index in [0.29, 0.717) is 17.3 Å². The summed E-state index contributed by atoms with van der Waals surface area (Å²) in [5.74, 6) is 0. The Labute approximate surface area is 122 Å². The molecule has 0 unspecified atom stereocenters. The largest absolute Gasteiger partial charge is 0.398 e. The van der Waals surface area contributed by atoms with Crippen molar-refractivity contribution in [2.75, 3.05) is 5.73 Å². The molecule has 0 fully saturated rings. The van der Waals surface area contributed by atoms with Crippen LogP contribution in [0.1, 0.15) is 5.56 Å². The first-order chi connectivity index (χ1) is 9.72. The van der Waals surface area contributed by atoms with Gasteiger partial charge in [0.1, 0.15) is 0 Å². The van der Waals surface area contributed by atoms with Crippen LogP contribution in [0, 0.1) is 0 Å². The fourth-order valence-corrected chi connectivity index (χ4v) is 2.29. The minimum Gasteiger partial charge on any atom is -0.398 e. The van der Waals surface area contributed by atoms with Gasteiger partial charge in [0, 0.05) is 22.5 Å². The van der Waals surface area contributed by atoms with Crippen molar-refractivity contribution in [3.63, 3.8) is 0 Å². The van der Waals surface area contributed by atoms with Crippen molar-refractivity contribution in [1.82, 2.24) is 9.78 Å². The van der Waals surface area contributed by atoms with Gasteiger partial charge in [-0.2, -0.15) is 5.10 Å². The van der Waals surface area contributed by atoms with Gasteiger partial charge in [0.25, 0.3) is 0 Å². The predicted molar refractivity (Wildman–Crippen MR) is 82.6 cm³/mol. The van der Waals surface area contributed by atoms with Crippen LogP contribution in [0.3, 0.4) is 0 Å². The molecular weight excluding hydrogens is 270 g/mol. The molecule has 3 nitrogen and oxygen atoms in total. The SMILES string of the molecule is Nc1cc(Cl)ccc1Cn1cc(-c2ccccc2)cn1. The van der Waals surface area contributed by atoms with Gasteiger partial charge in [-0.25, -0.2) is 0 Å². The molecule has 0 bridgehead atoms. The highest BCUT2D eigenvalue weighted by Gasteiger charge is 2.04. The summed E-state index contributed by atoms with van der Waals surface area (Å²) in [6, 6.07) is 15.7. The molecule has 4 heteroatoms. The van der Waals surface area contributed by atoms with Gasteiger partial charge in [0.15, 0.2) is 0 Å². The number of nitrogens with zero attached hydrogens (tertiary/aromatic N) is 2. The van der Waals surface area contributed by atoms with E-state index in [0.717, 1.165) is 16.7 Å². The molecule has 0 radical (unpaired) electrons. The lowest BCUT2D eigenvalue weighted by Gasteiger charge is -2.06. The summed E-state index contributed by atoms with van der Waals surface area (Å²) in [6.45, 7) is 0.635. The first-order valence-electron chi connectivity index (χ1n) is 6.34. The third kappa shape index (κ3) is 2.68. The summed E-state index contributed by atoms with van der Waals surface area (Å²) >= 11 is 5.90. The fraction of sp³-hybridized carbons (Fsp3) is 0.0625. The first-order valence-corrected chi connectivity index (χ1v) is 6.72. The molecule has 0 atom stereocenters. The van der Waals surface area contributed by atoms with E-state index in [-0.39, 0.29) is 0 Å². The van der Waals surface area contributed by atoms with E-state index >= 15 is 0 Å². The highest BCUT2D eigenvalue weighted by atomic mass is 35.5. The molecular formula is C16H14ClN3. The second-order valence-corrected chi connectivity index (χ2v) is 5.07. The number of rotatable bonds is 3. The Bertz CT molecular complexity index is 720. The molecule has 20 heavy (non-hydrogen) atoms. The van der Waals surface area contributed by atoms with Gasteiger partial charge in [-0.1, -0.05) is 48.0 Å². The number of nitrogen functional groups attached to an aromatic ring is 1. The first kappa shape index (κ1) is 12.8. The predicted octanol–water partition coefficient (Wildman–Crippen LogP) is 3.83.